The van der Waals surface area contributed by atoms with Crippen LogP contribution in [0.2, 0.25) is 0 Å². The summed E-state index contributed by atoms with van der Waals surface area (Å²) in [4.78, 5) is 0.574. The lowest BCUT2D eigenvalue weighted by Gasteiger charge is -2.15. The molecule has 1 rings (SSSR count). The first kappa shape index (κ1) is 16.0. The molecule has 0 aliphatic heterocycles. The summed E-state index contributed by atoms with van der Waals surface area (Å²) in [5.74, 6) is -1.74. The summed E-state index contributed by atoms with van der Waals surface area (Å²) >= 11 is 0. The van der Waals surface area contributed by atoms with E-state index in [2.05, 4.69) is 4.72 Å². The quantitative estimate of drug-likeness (QED) is 0.753. The van der Waals surface area contributed by atoms with Crippen LogP contribution in [0.5, 0.6) is 0 Å². The van der Waals surface area contributed by atoms with Crippen LogP contribution in [-0.4, -0.2) is 34.6 Å². The van der Waals surface area contributed by atoms with Gasteiger partial charge in [0.05, 0.1) is 26.2 Å². The number of rotatable bonds is 7. The van der Waals surface area contributed by atoms with Gasteiger partial charge in [-0.1, -0.05) is 0 Å². The summed E-state index contributed by atoms with van der Waals surface area (Å²) in [5.41, 5.74) is 0. The van der Waals surface area contributed by atoms with Crippen LogP contribution in [-0.2, 0) is 10.0 Å². The van der Waals surface area contributed by atoms with Crippen molar-refractivity contribution in [1.82, 2.24) is 4.72 Å². The van der Waals surface area contributed by atoms with Crippen LogP contribution in [0.25, 0.3) is 0 Å². The Balaban J connectivity index is 2.73. The van der Waals surface area contributed by atoms with Crippen LogP contribution in [0.3, 0.4) is 0 Å². The molecule has 0 atom stereocenters. The predicted octanol–water partition coefficient (Wildman–Crippen LogP) is 0.168. The van der Waals surface area contributed by atoms with Crippen molar-refractivity contribution in [2.45, 2.75) is 18.7 Å². The fourth-order valence-corrected chi connectivity index (χ4v) is 2.85. The number of hydrogen-bond donors (Lipinski definition) is 2. The van der Waals surface area contributed by atoms with E-state index in [1.807, 2.05) is 13.8 Å². The van der Waals surface area contributed by atoms with Crippen molar-refractivity contribution in [1.29, 1.82) is 0 Å². The Kier molecular flexibility index (Phi) is 5.84. The Morgan fingerprint density at radius 2 is 1.84 bits per heavy atom. The summed E-state index contributed by atoms with van der Waals surface area (Å²) in [6.07, 6.45) is 0. The molecule has 7 heteroatoms. The highest BCUT2D eigenvalue weighted by molar-refractivity contribution is 7.89. The molecule has 0 amide bonds. The number of benzene rings is 1. The lowest BCUT2D eigenvalue weighted by atomic mass is 10.3. The van der Waals surface area contributed by atoms with Gasteiger partial charge in [-0.2, -0.15) is 0 Å². The molecule has 0 spiro atoms. The molecular weight excluding hydrogens is 274 g/mol. The van der Waals surface area contributed by atoms with Gasteiger partial charge >= 0.3 is 0 Å². The van der Waals surface area contributed by atoms with E-state index < -0.39 is 26.6 Å². The molecule has 0 aliphatic carbocycles. The largest absolute Gasteiger partial charge is 0.334 e. The van der Waals surface area contributed by atoms with E-state index in [1.165, 1.54) is 4.90 Å². The summed E-state index contributed by atoms with van der Waals surface area (Å²) in [6, 6.07) is 2.37. The molecule has 0 heterocycles. The first-order chi connectivity index (χ1) is 8.90. The lowest BCUT2D eigenvalue weighted by Crippen LogP contribution is -3.12. The first-order valence-electron chi connectivity index (χ1n) is 6.19. The monoisotopic (exact) mass is 293 g/mol. The summed E-state index contributed by atoms with van der Waals surface area (Å²) in [6.45, 7) is 6.55. The zero-order valence-electron chi connectivity index (χ0n) is 11.0. The minimum absolute atomic E-state index is 0.190. The van der Waals surface area contributed by atoms with Crippen molar-refractivity contribution in [3.63, 3.8) is 0 Å². The van der Waals surface area contributed by atoms with E-state index in [0.717, 1.165) is 25.2 Å². The summed E-state index contributed by atoms with van der Waals surface area (Å²) in [7, 11) is -4.00. The molecule has 0 fully saturated rings. The van der Waals surface area contributed by atoms with Gasteiger partial charge in [0.25, 0.3) is 0 Å². The third kappa shape index (κ3) is 4.52. The average Bonchev–Trinajstić information content (AvgIpc) is 2.37. The van der Waals surface area contributed by atoms with Gasteiger partial charge in [0.1, 0.15) is 16.5 Å². The maximum absolute atomic E-state index is 13.4. The van der Waals surface area contributed by atoms with Crippen LogP contribution < -0.4 is 9.62 Å². The van der Waals surface area contributed by atoms with E-state index in [1.54, 1.807) is 0 Å². The van der Waals surface area contributed by atoms with E-state index in [-0.39, 0.29) is 6.54 Å². The van der Waals surface area contributed by atoms with Gasteiger partial charge in [0.15, 0.2) is 0 Å². The van der Waals surface area contributed by atoms with Gasteiger partial charge in [0, 0.05) is 0 Å². The second-order valence-electron chi connectivity index (χ2n) is 4.18. The maximum atomic E-state index is 13.4. The molecule has 4 nitrogen and oxygen atoms in total. The lowest BCUT2D eigenvalue weighted by molar-refractivity contribution is -0.895. The number of nitrogens with one attached hydrogen (secondary N) is 2. The summed E-state index contributed by atoms with van der Waals surface area (Å²) in [5, 5.41) is 0. The van der Waals surface area contributed by atoms with Crippen molar-refractivity contribution >= 4 is 10.0 Å². The molecular formula is C12H19F2N2O2S+. The molecule has 108 valence electrons. The number of quaternary nitrogens is 1. The average molecular weight is 293 g/mol. The van der Waals surface area contributed by atoms with Crippen LogP contribution >= 0.6 is 0 Å². The molecule has 1 aromatic rings. The smallest absolute Gasteiger partial charge is 0.243 e. The van der Waals surface area contributed by atoms with Gasteiger partial charge in [-0.05, 0) is 32.0 Å². The Hall–Kier alpha value is -1.05. The van der Waals surface area contributed by atoms with Gasteiger partial charge < -0.3 is 4.90 Å². The molecule has 0 saturated heterocycles. The molecule has 0 bridgehead atoms. The second kappa shape index (κ2) is 6.93. The topological polar surface area (TPSA) is 50.6 Å². The van der Waals surface area contributed by atoms with Crippen molar-refractivity contribution in [2.24, 2.45) is 0 Å². The Labute approximate surface area is 112 Å². The molecule has 0 saturated carbocycles. The van der Waals surface area contributed by atoms with Crippen molar-refractivity contribution in [3.05, 3.63) is 29.8 Å². The standard InChI is InChI=1S/C12H18F2N2O2S/c1-3-16(4-2)8-7-15-19(17,18)12-9-10(13)5-6-11(12)14/h5-6,9,15H,3-4,7-8H2,1-2H3/p+1. The number of hydrogen-bond acceptors (Lipinski definition) is 2. The molecule has 0 radical (unpaired) electrons. The molecule has 0 aliphatic rings. The van der Waals surface area contributed by atoms with Gasteiger partial charge in [-0.3, -0.25) is 0 Å². The Morgan fingerprint density at radius 1 is 1.21 bits per heavy atom. The van der Waals surface area contributed by atoms with Crippen molar-refractivity contribution in [3.8, 4) is 0 Å². The van der Waals surface area contributed by atoms with Crippen LogP contribution in [0, 0.1) is 11.6 Å². The number of sulfonamides is 1. The Morgan fingerprint density at radius 3 is 2.42 bits per heavy atom. The van der Waals surface area contributed by atoms with E-state index in [4.69, 9.17) is 0 Å². The molecule has 0 unspecified atom stereocenters. The van der Waals surface area contributed by atoms with E-state index >= 15 is 0 Å². The van der Waals surface area contributed by atoms with Crippen LogP contribution in [0.4, 0.5) is 8.78 Å². The molecule has 1 aromatic carbocycles. The molecule has 0 aromatic heterocycles. The van der Waals surface area contributed by atoms with E-state index in [0.29, 0.717) is 12.6 Å². The number of likely N-dealkylation sites (N-methyl/N-ethyl adjacent to an activating group) is 1. The van der Waals surface area contributed by atoms with Gasteiger partial charge in [-0.25, -0.2) is 21.9 Å². The minimum Gasteiger partial charge on any atom is -0.334 e. The maximum Gasteiger partial charge on any atom is 0.243 e. The SMILES string of the molecule is CC[NH+](CC)CCNS(=O)(=O)c1cc(F)ccc1F. The number of halogens is 2. The minimum atomic E-state index is -4.00. The fourth-order valence-electron chi connectivity index (χ4n) is 1.73. The highest BCUT2D eigenvalue weighted by atomic mass is 32.2. The third-order valence-electron chi connectivity index (χ3n) is 2.95. The molecule has 2 N–H and O–H groups in total. The van der Waals surface area contributed by atoms with E-state index in [9.17, 15) is 17.2 Å². The zero-order chi connectivity index (χ0) is 14.5. The van der Waals surface area contributed by atoms with Crippen molar-refractivity contribution in [2.75, 3.05) is 26.2 Å². The first-order valence-corrected chi connectivity index (χ1v) is 7.67. The summed E-state index contributed by atoms with van der Waals surface area (Å²) < 4.78 is 52.3. The van der Waals surface area contributed by atoms with Gasteiger partial charge in [-0.15, -0.1) is 0 Å². The highest BCUT2D eigenvalue weighted by Crippen LogP contribution is 2.15. The van der Waals surface area contributed by atoms with Crippen molar-refractivity contribution < 1.29 is 22.1 Å². The zero-order valence-corrected chi connectivity index (χ0v) is 11.9. The highest BCUT2D eigenvalue weighted by Gasteiger charge is 2.20. The van der Waals surface area contributed by atoms with Crippen LogP contribution in [0.1, 0.15) is 13.8 Å². The molecule has 19 heavy (non-hydrogen) atoms. The Bertz CT molecular complexity index is 516. The normalized spacial score (nSPS) is 12.1. The third-order valence-corrected chi connectivity index (χ3v) is 4.43. The predicted molar refractivity (Wildman–Crippen MR) is 68.5 cm³/mol. The fraction of sp³-hybridized carbons (Fsp3) is 0.500. The van der Waals surface area contributed by atoms with Crippen LogP contribution in [0.15, 0.2) is 23.1 Å². The van der Waals surface area contributed by atoms with Gasteiger partial charge in [0.2, 0.25) is 10.0 Å². The second-order valence-corrected chi connectivity index (χ2v) is 5.92.